The van der Waals surface area contributed by atoms with Crippen molar-refractivity contribution >= 4 is 61.8 Å². The van der Waals surface area contributed by atoms with Gasteiger partial charge in [-0.1, -0.05) is 23.7 Å². The van der Waals surface area contributed by atoms with Gasteiger partial charge in [0.25, 0.3) is 5.91 Å². The number of rotatable bonds is 9. The number of methoxy groups -OCH3 is 1. The van der Waals surface area contributed by atoms with Crippen molar-refractivity contribution in [3.8, 4) is 22.8 Å². The standard InChI is InChI=1S/C26H22BrClN4O3S/c1-3-35-24-12-18(21(27)13-23(24)34-2)14-29-32-25(33)17-6-4-16(5-7-17)22-15-36-26(31-22)30-20-10-8-19(28)9-11-20/h4-15H,3H2,1-2H3,(H,30,31)(H,32,33)/b29-14-. The molecule has 3 aromatic carbocycles. The summed E-state index contributed by atoms with van der Waals surface area (Å²) in [4.78, 5) is 17.2. The summed E-state index contributed by atoms with van der Waals surface area (Å²) in [7, 11) is 1.58. The van der Waals surface area contributed by atoms with E-state index in [1.165, 1.54) is 11.3 Å². The Morgan fingerprint density at radius 3 is 2.58 bits per heavy atom. The summed E-state index contributed by atoms with van der Waals surface area (Å²) >= 11 is 10.9. The molecule has 1 heterocycles. The highest BCUT2D eigenvalue weighted by Gasteiger charge is 2.10. The van der Waals surface area contributed by atoms with E-state index in [1.54, 1.807) is 37.6 Å². The van der Waals surface area contributed by atoms with Crippen LogP contribution in [0.2, 0.25) is 5.02 Å². The van der Waals surface area contributed by atoms with E-state index in [1.807, 2.05) is 48.7 Å². The van der Waals surface area contributed by atoms with Crippen molar-refractivity contribution in [3.63, 3.8) is 0 Å². The summed E-state index contributed by atoms with van der Waals surface area (Å²) in [6.07, 6.45) is 1.54. The molecule has 7 nitrogen and oxygen atoms in total. The Labute approximate surface area is 226 Å². The normalized spacial score (nSPS) is 10.9. The van der Waals surface area contributed by atoms with Gasteiger partial charge in [0.1, 0.15) is 0 Å². The van der Waals surface area contributed by atoms with Gasteiger partial charge in [0, 0.05) is 37.3 Å². The predicted molar refractivity (Wildman–Crippen MR) is 149 cm³/mol. The molecule has 0 atom stereocenters. The summed E-state index contributed by atoms with van der Waals surface area (Å²) in [5.74, 6) is 0.883. The van der Waals surface area contributed by atoms with E-state index in [2.05, 4.69) is 36.8 Å². The largest absolute Gasteiger partial charge is 0.493 e. The number of carbonyl (C=O) groups excluding carboxylic acids is 1. The number of hydrazone groups is 1. The fraction of sp³-hybridized carbons (Fsp3) is 0.115. The summed E-state index contributed by atoms with van der Waals surface area (Å²) in [5, 5.41) is 10.7. The first-order chi connectivity index (χ1) is 17.5. The first-order valence-corrected chi connectivity index (χ1v) is 12.9. The zero-order chi connectivity index (χ0) is 25.5. The number of hydrogen-bond acceptors (Lipinski definition) is 7. The Morgan fingerprint density at radius 2 is 1.89 bits per heavy atom. The Hall–Kier alpha value is -3.40. The van der Waals surface area contributed by atoms with Crippen LogP contribution in [-0.4, -0.2) is 30.8 Å². The molecule has 0 aliphatic heterocycles. The number of thiazole rings is 1. The molecule has 0 radical (unpaired) electrons. The summed E-state index contributed by atoms with van der Waals surface area (Å²) in [6.45, 7) is 2.40. The number of carbonyl (C=O) groups is 1. The maximum absolute atomic E-state index is 12.6. The van der Waals surface area contributed by atoms with Crippen LogP contribution in [0.5, 0.6) is 11.5 Å². The molecule has 0 aliphatic rings. The molecule has 1 amide bonds. The van der Waals surface area contributed by atoms with Crippen LogP contribution in [0.4, 0.5) is 10.8 Å². The number of aromatic nitrogens is 1. The van der Waals surface area contributed by atoms with Crippen LogP contribution in [0.1, 0.15) is 22.8 Å². The van der Waals surface area contributed by atoms with Crippen molar-refractivity contribution in [2.75, 3.05) is 19.0 Å². The number of hydrogen-bond donors (Lipinski definition) is 2. The van der Waals surface area contributed by atoms with Crippen molar-refractivity contribution in [1.29, 1.82) is 0 Å². The second kappa shape index (κ2) is 12.0. The quantitative estimate of drug-likeness (QED) is 0.161. The molecule has 0 spiro atoms. The van der Waals surface area contributed by atoms with Gasteiger partial charge in [0.2, 0.25) is 0 Å². The van der Waals surface area contributed by atoms with Crippen LogP contribution in [0, 0.1) is 0 Å². The van der Waals surface area contributed by atoms with Gasteiger partial charge in [-0.05, 0) is 71.4 Å². The van der Waals surface area contributed by atoms with E-state index < -0.39 is 0 Å². The summed E-state index contributed by atoms with van der Waals surface area (Å²) < 4.78 is 11.7. The topological polar surface area (TPSA) is 84.8 Å². The third-order valence-corrected chi connectivity index (χ3v) is 6.69. The Balaban J connectivity index is 1.39. The number of nitrogens with one attached hydrogen (secondary N) is 2. The molecule has 4 aromatic rings. The van der Waals surface area contributed by atoms with Crippen LogP contribution in [0.25, 0.3) is 11.3 Å². The van der Waals surface area contributed by atoms with Crippen LogP contribution in [-0.2, 0) is 0 Å². The van der Waals surface area contributed by atoms with Gasteiger partial charge >= 0.3 is 0 Å². The summed E-state index contributed by atoms with van der Waals surface area (Å²) in [6, 6.07) is 18.2. The van der Waals surface area contributed by atoms with Crippen molar-refractivity contribution in [1.82, 2.24) is 10.4 Å². The van der Waals surface area contributed by atoms with Gasteiger partial charge < -0.3 is 14.8 Å². The van der Waals surface area contributed by atoms with Gasteiger partial charge in [0.15, 0.2) is 16.6 Å². The first-order valence-electron chi connectivity index (χ1n) is 10.9. The number of halogens is 2. The van der Waals surface area contributed by atoms with Crippen molar-refractivity contribution in [3.05, 3.63) is 86.7 Å². The smallest absolute Gasteiger partial charge is 0.271 e. The van der Waals surface area contributed by atoms with E-state index in [4.69, 9.17) is 21.1 Å². The lowest BCUT2D eigenvalue weighted by molar-refractivity contribution is 0.0955. The Bertz CT molecular complexity index is 1380. The molecule has 0 saturated heterocycles. The summed E-state index contributed by atoms with van der Waals surface area (Å²) in [5.41, 5.74) is 6.40. The third kappa shape index (κ3) is 6.42. The second-order valence-electron chi connectivity index (χ2n) is 7.40. The van der Waals surface area contributed by atoms with Crippen LogP contribution < -0.4 is 20.2 Å². The second-order valence-corrected chi connectivity index (χ2v) is 9.55. The van der Waals surface area contributed by atoms with Gasteiger partial charge in [-0.25, -0.2) is 10.4 Å². The van der Waals surface area contributed by atoms with Gasteiger partial charge in [-0.2, -0.15) is 5.10 Å². The molecule has 36 heavy (non-hydrogen) atoms. The van der Waals surface area contributed by atoms with Crippen LogP contribution >= 0.6 is 38.9 Å². The highest BCUT2D eigenvalue weighted by Crippen LogP contribution is 2.33. The molecule has 4 rings (SSSR count). The number of ether oxygens (including phenoxy) is 2. The molecule has 0 fully saturated rings. The van der Waals surface area contributed by atoms with Gasteiger partial charge in [0.05, 0.1) is 25.6 Å². The molecule has 0 bridgehead atoms. The highest BCUT2D eigenvalue weighted by molar-refractivity contribution is 9.10. The van der Waals surface area contributed by atoms with Crippen molar-refractivity contribution in [2.24, 2.45) is 5.10 Å². The van der Waals surface area contributed by atoms with Gasteiger partial charge in [-0.3, -0.25) is 4.79 Å². The fourth-order valence-electron chi connectivity index (χ4n) is 3.22. The molecule has 184 valence electrons. The monoisotopic (exact) mass is 584 g/mol. The van der Waals surface area contributed by atoms with E-state index in [-0.39, 0.29) is 5.91 Å². The lowest BCUT2D eigenvalue weighted by Gasteiger charge is -2.11. The minimum Gasteiger partial charge on any atom is -0.493 e. The zero-order valence-corrected chi connectivity index (χ0v) is 22.6. The molecular formula is C26H22BrClN4O3S. The SMILES string of the molecule is CCOc1cc(/C=N\NC(=O)c2ccc(-c3csc(Nc4ccc(Cl)cc4)n3)cc2)c(Br)cc1OC. The van der Waals surface area contributed by atoms with E-state index >= 15 is 0 Å². The van der Waals surface area contributed by atoms with Gasteiger partial charge in [-0.15, -0.1) is 11.3 Å². The van der Waals surface area contributed by atoms with E-state index in [0.717, 1.165) is 32.1 Å². The molecule has 0 unspecified atom stereocenters. The van der Waals surface area contributed by atoms with Crippen molar-refractivity contribution in [2.45, 2.75) is 6.92 Å². The Kier molecular flexibility index (Phi) is 8.58. The maximum atomic E-state index is 12.6. The number of nitrogens with zero attached hydrogens (tertiary/aromatic N) is 2. The molecule has 2 N–H and O–H groups in total. The molecule has 0 saturated carbocycles. The average Bonchev–Trinajstić information content (AvgIpc) is 3.35. The number of amides is 1. The predicted octanol–water partition coefficient (Wildman–Crippen LogP) is 7.14. The molecular weight excluding hydrogens is 564 g/mol. The lowest BCUT2D eigenvalue weighted by Crippen LogP contribution is -2.17. The maximum Gasteiger partial charge on any atom is 0.271 e. The fourth-order valence-corrected chi connectivity index (χ4v) is 4.51. The number of anilines is 2. The molecule has 1 aromatic heterocycles. The first kappa shape index (κ1) is 25.7. The van der Waals surface area contributed by atoms with Crippen LogP contribution in [0.3, 0.4) is 0 Å². The third-order valence-electron chi connectivity index (χ3n) is 5.00. The van der Waals surface area contributed by atoms with E-state index in [0.29, 0.717) is 28.7 Å². The zero-order valence-electron chi connectivity index (χ0n) is 19.4. The molecule has 10 heteroatoms. The average molecular weight is 586 g/mol. The molecule has 0 aliphatic carbocycles. The Morgan fingerprint density at radius 1 is 1.14 bits per heavy atom. The van der Waals surface area contributed by atoms with Crippen molar-refractivity contribution < 1.29 is 14.3 Å². The minimum absolute atomic E-state index is 0.323. The number of benzene rings is 3. The minimum atomic E-state index is -0.323. The highest BCUT2D eigenvalue weighted by atomic mass is 79.9. The van der Waals surface area contributed by atoms with Crippen LogP contribution in [0.15, 0.2) is 75.6 Å². The van der Waals surface area contributed by atoms with E-state index in [9.17, 15) is 4.79 Å². The lowest BCUT2D eigenvalue weighted by atomic mass is 10.1.